The molecule has 1 unspecified atom stereocenters. The monoisotopic (exact) mass is 408 g/mol. The van der Waals surface area contributed by atoms with Crippen LogP contribution in [-0.4, -0.2) is 36.1 Å². The maximum absolute atomic E-state index is 13.2. The summed E-state index contributed by atoms with van der Waals surface area (Å²) in [5.41, 5.74) is 5.41. The molecule has 1 aliphatic rings. The predicted octanol–water partition coefficient (Wildman–Crippen LogP) is 3.96. The summed E-state index contributed by atoms with van der Waals surface area (Å²) in [6, 6.07) is 6.08. The van der Waals surface area contributed by atoms with Gasteiger partial charge < -0.3 is 21.3 Å². The Balaban J connectivity index is 1.90. The van der Waals surface area contributed by atoms with E-state index < -0.39 is 11.7 Å². The van der Waals surface area contributed by atoms with Crippen LogP contribution in [0.15, 0.2) is 24.3 Å². The summed E-state index contributed by atoms with van der Waals surface area (Å²) in [5, 5.41) is 6.23. The number of aromatic nitrogens is 2. The molecule has 3 rings (SSSR count). The number of hydrogen-bond donors (Lipinski definition) is 3. The van der Waals surface area contributed by atoms with E-state index >= 15 is 0 Å². The Morgan fingerprint density at radius 1 is 1.24 bits per heavy atom. The van der Waals surface area contributed by atoms with Gasteiger partial charge in [0.25, 0.3) is 0 Å². The van der Waals surface area contributed by atoms with Crippen molar-refractivity contribution in [2.45, 2.75) is 44.8 Å². The number of nitrogens with one attached hydrogen (secondary N) is 2. The Morgan fingerprint density at radius 2 is 2.03 bits per heavy atom. The number of nitrogen functional groups attached to an aromatic ring is 1. The van der Waals surface area contributed by atoms with Gasteiger partial charge in [0.05, 0.1) is 5.56 Å². The molecule has 1 atom stereocenters. The fourth-order valence-electron chi connectivity index (χ4n) is 3.51. The van der Waals surface area contributed by atoms with Crippen LogP contribution in [0.25, 0.3) is 0 Å². The van der Waals surface area contributed by atoms with Crippen LogP contribution in [0.4, 0.5) is 36.3 Å². The van der Waals surface area contributed by atoms with Crippen LogP contribution in [0.2, 0.25) is 0 Å². The van der Waals surface area contributed by atoms with Gasteiger partial charge in [-0.3, -0.25) is 0 Å². The van der Waals surface area contributed by atoms with Crippen LogP contribution in [0.1, 0.15) is 37.4 Å². The molecule has 158 valence electrons. The van der Waals surface area contributed by atoms with Gasteiger partial charge in [0.1, 0.15) is 5.82 Å². The van der Waals surface area contributed by atoms with Gasteiger partial charge in [-0.05, 0) is 44.5 Å². The molecule has 9 heteroatoms. The van der Waals surface area contributed by atoms with E-state index in [0.717, 1.165) is 56.4 Å². The first-order valence-corrected chi connectivity index (χ1v) is 9.84. The van der Waals surface area contributed by atoms with Gasteiger partial charge in [-0.25, -0.2) is 4.98 Å². The Kier molecular flexibility index (Phi) is 6.46. The number of piperidine rings is 1. The summed E-state index contributed by atoms with van der Waals surface area (Å²) < 4.78 is 39.5. The fraction of sp³-hybridized carbons (Fsp3) is 0.500. The second-order valence-electron chi connectivity index (χ2n) is 7.29. The van der Waals surface area contributed by atoms with Crippen LogP contribution >= 0.6 is 0 Å². The van der Waals surface area contributed by atoms with Crippen molar-refractivity contribution in [1.82, 2.24) is 15.3 Å². The maximum atomic E-state index is 13.2. The van der Waals surface area contributed by atoms with E-state index in [0.29, 0.717) is 6.04 Å². The normalized spacial score (nSPS) is 17.4. The summed E-state index contributed by atoms with van der Waals surface area (Å²) in [7, 11) is 1.95. The lowest BCUT2D eigenvalue weighted by molar-refractivity contribution is -0.136. The largest absolute Gasteiger partial charge is 0.418 e. The number of halogens is 3. The summed E-state index contributed by atoms with van der Waals surface area (Å²) in [6.45, 7) is 3.78. The SMILES string of the molecule is CCCc1cc(N2CCCC(NC)C2)nc(Nc2ccc(N)c(C(F)(F)F)c2)n1. The molecule has 2 aromatic rings. The van der Waals surface area contributed by atoms with Crippen molar-refractivity contribution in [2.75, 3.05) is 36.1 Å². The highest BCUT2D eigenvalue weighted by Crippen LogP contribution is 2.35. The van der Waals surface area contributed by atoms with E-state index in [1.807, 2.05) is 13.1 Å². The van der Waals surface area contributed by atoms with Crippen molar-refractivity contribution in [2.24, 2.45) is 0 Å². The number of likely N-dealkylation sites (N-methyl/N-ethyl adjacent to an activating group) is 1. The quantitative estimate of drug-likeness (QED) is 0.628. The number of benzene rings is 1. The van der Waals surface area contributed by atoms with E-state index in [9.17, 15) is 13.2 Å². The summed E-state index contributed by atoms with van der Waals surface area (Å²) in [6.07, 6.45) is -0.684. The lowest BCUT2D eigenvalue weighted by Crippen LogP contribution is -2.44. The minimum Gasteiger partial charge on any atom is -0.398 e. The zero-order chi connectivity index (χ0) is 21.0. The number of hydrogen-bond acceptors (Lipinski definition) is 6. The zero-order valence-electron chi connectivity index (χ0n) is 16.7. The molecule has 1 saturated heterocycles. The molecule has 0 spiro atoms. The lowest BCUT2D eigenvalue weighted by atomic mass is 10.1. The van der Waals surface area contributed by atoms with Crippen molar-refractivity contribution in [3.63, 3.8) is 0 Å². The zero-order valence-corrected chi connectivity index (χ0v) is 16.7. The molecule has 29 heavy (non-hydrogen) atoms. The average Bonchev–Trinajstić information content (AvgIpc) is 2.69. The molecule has 1 aromatic carbocycles. The molecule has 2 heterocycles. The molecular formula is C20H27F3N6. The Hall–Kier alpha value is -2.55. The van der Waals surface area contributed by atoms with Crippen molar-refractivity contribution in [3.8, 4) is 0 Å². The first kappa shape index (κ1) is 21.2. The average molecular weight is 408 g/mol. The molecule has 1 aromatic heterocycles. The minimum atomic E-state index is -4.52. The molecule has 0 bridgehead atoms. The Morgan fingerprint density at radius 3 is 2.72 bits per heavy atom. The molecule has 6 nitrogen and oxygen atoms in total. The van der Waals surface area contributed by atoms with Gasteiger partial charge >= 0.3 is 6.18 Å². The summed E-state index contributed by atoms with van der Waals surface area (Å²) >= 11 is 0. The summed E-state index contributed by atoms with van der Waals surface area (Å²) in [5.74, 6) is 1.08. The van der Waals surface area contributed by atoms with Gasteiger partial charge in [-0.15, -0.1) is 0 Å². The van der Waals surface area contributed by atoms with Gasteiger partial charge in [0, 0.05) is 42.3 Å². The number of rotatable bonds is 6. The van der Waals surface area contributed by atoms with E-state index in [2.05, 4.69) is 32.4 Å². The van der Waals surface area contributed by atoms with Crippen LogP contribution in [0.3, 0.4) is 0 Å². The van der Waals surface area contributed by atoms with E-state index in [1.165, 1.54) is 12.1 Å². The molecule has 1 aliphatic heterocycles. The van der Waals surface area contributed by atoms with Crippen molar-refractivity contribution < 1.29 is 13.2 Å². The molecular weight excluding hydrogens is 381 g/mol. The van der Waals surface area contributed by atoms with Crippen molar-refractivity contribution in [3.05, 3.63) is 35.5 Å². The minimum absolute atomic E-state index is 0.248. The van der Waals surface area contributed by atoms with Crippen LogP contribution in [-0.2, 0) is 12.6 Å². The second kappa shape index (κ2) is 8.86. The number of anilines is 4. The molecule has 1 fully saturated rings. The van der Waals surface area contributed by atoms with E-state index in [4.69, 9.17) is 5.73 Å². The number of nitrogens with zero attached hydrogens (tertiary/aromatic N) is 3. The van der Waals surface area contributed by atoms with Crippen molar-refractivity contribution >= 4 is 23.1 Å². The molecule has 4 N–H and O–H groups in total. The van der Waals surface area contributed by atoms with E-state index in [-0.39, 0.29) is 17.3 Å². The van der Waals surface area contributed by atoms with Crippen LogP contribution in [0.5, 0.6) is 0 Å². The van der Waals surface area contributed by atoms with Gasteiger partial charge in [-0.2, -0.15) is 18.2 Å². The first-order valence-electron chi connectivity index (χ1n) is 9.84. The third-order valence-corrected chi connectivity index (χ3v) is 5.04. The standard InChI is InChI=1S/C20H27F3N6/c1-3-5-13-11-18(29-9-4-6-15(12-29)25-2)28-19(26-13)27-14-7-8-17(24)16(10-14)20(21,22)23/h7-8,10-11,15,25H,3-6,9,12,24H2,1-2H3,(H,26,27,28). The maximum Gasteiger partial charge on any atom is 0.418 e. The highest BCUT2D eigenvalue weighted by molar-refractivity contribution is 5.63. The first-order chi connectivity index (χ1) is 13.8. The predicted molar refractivity (Wildman–Crippen MR) is 109 cm³/mol. The summed E-state index contributed by atoms with van der Waals surface area (Å²) in [4.78, 5) is 11.3. The second-order valence-corrected chi connectivity index (χ2v) is 7.29. The molecule has 0 radical (unpaired) electrons. The van der Waals surface area contributed by atoms with Gasteiger partial charge in [0.15, 0.2) is 0 Å². The van der Waals surface area contributed by atoms with Crippen LogP contribution < -0.4 is 21.3 Å². The third-order valence-electron chi connectivity index (χ3n) is 5.04. The lowest BCUT2D eigenvalue weighted by Gasteiger charge is -2.33. The fourth-order valence-corrected chi connectivity index (χ4v) is 3.51. The van der Waals surface area contributed by atoms with Gasteiger partial charge in [0.2, 0.25) is 5.95 Å². The highest BCUT2D eigenvalue weighted by atomic mass is 19.4. The molecule has 0 aliphatic carbocycles. The number of nitrogens with two attached hydrogens (primary N) is 1. The van der Waals surface area contributed by atoms with Crippen LogP contribution in [0, 0.1) is 0 Å². The number of aryl methyl sites for hydroxylation is 1. The molecule has 0 saturated carbocycles. The van der Waals surface area contributed by atoms with E-state index in [1.54, 1.807) is 0 Å². The highest BCUT2D eigenvalue weighted by Gasteiger charge is 2.33. The van der Waals surface area contributed by atoms with Crippen molar-refractivity contribution in [1.29, 1.82) is 0 Å². The third kappa shape index (κ3) is 5.29. The Bertz CT molecular complexity index is 839. The molecule has 0 amide bonds. The smallest absolute Gasteiger partial charge is 0.398 e. The Labute approximate surface area is 168 Å². The number of alkyl halides is 3. The topological polar surface area (TPSA) is 79.1 Å². The van der Waals surface area contributed by atoms with Gasteiger partial charge in [-0.1, -0.05) is 13.3 Å².